The van der Waals surface area contributed by atoms with Gasteiger partial charge in [-0.05, 0) is 38.8 Å². The van der Waals surface area contributed by atoms with Crippen molar-refractivity contribution in [3.63, 3.8) is 0 Å². The maximum absolute atomic E-state index is 11.8. The Balaban J connectivity index is 1.72. The number of aromatic nitrogens is 3. The van der Waals surface area contributed by atoms with Crippen LogP contribution in [-0.4, -0.2) is 40.4 Å². The Morgan fingerprint density at radius 3 is 3.09 bits per heavy atom. The summed E-state index contributed by atoms with van der Waals surface area (Å²) in [5.41, 5.74) is 1.53. The minimum Gasteiger partial charge on any atom is -0.462 e. The standard InChI is InChI=1S/C17H22N4O2/c1-3-23-17(22)14-10-18-21(11-14)15-7-5-9-20(12-15)16-8-4-6-13(2)19-16/h4,6,8,10-11,15H,3,5,7,9,12H2,1-2H3/t15-/m1/s1. The van der Waals surface area contributed by atoms with Gasteiger partial charge in [0.15, 0.2) is 0 Å². The normalized spacial score (nSPS) is 18.0. The lowest BCUT2D eigenvalue weighted by Crippen LogP contribution is -2.37. The second kappa shape index (κ2) is 6.81. The van der Waals surface area contributed by atoms with E-state index in [0.29, 0.717) is 12.2 Å². The molecule has 6 nitrogen and oxygen atoms in total. The van der Waals surface area contributed by atoms with Gasteiger partial charge in [-0.3, -0.25) is 4.68 Å². The van der Waals surface area contributed by atoms with Gasteiger partial charge in [0, 0.05) is 25.0 Å². The van der Waals surface area contributed by atoms with Crippen molar-refractivity contribution in [3.05, 3.63) is 41.9 Å². The van der Waals surface area contributed by atoms with Gasteiger partial charge in [-0.1, -0.05) is 6.07 Å². The smallest absolute Gasteiger partial charge is 0.341 e. The number of pyridine rings is 1. The van der Waals surface area contributed by atoms with Gasteiger partial charge in [0.1, 0.15) is 5.82 Å². The van der Waals surface area contributed by atoms with Crippen molar-refractivity contribution >= 4 is 11.8 Å². The fraction of sp³-hybridized carbons (Fsp3) is 0.471. The van der Waals surface area contributed by atoms with Crippen molar-refractivity contribution < 1.29 is 9.53 Å². The van der Waals surface area contributed by atoms with E-state index >= 15 is 0 Å². The summed E-state index contributed by atoms with van der Waals surface area (Å²) in [5.74, 6) is 0.694. The molecule has 0 aliphatic carbocycles. The van der Waals surface area contributed by atoms with Gasteiger partial charge in [-0.25, -0.2) is 9.78 Å². The van der Waals surface area contributed by atoms with Gasteiger partial charge in [0.25, 0.3) is 0 Å². The van der Waals surface area contributed by atoms with Crippen LogP contribution in [0.1, 0.15) is 41.9 Å². The molecule has 122 valence electrons. The van der Waals surface area contributed by atoms with Crippen LogP contribution in [0.3, 0.4) is 0 Å². The van der Waals surface area contributed by atoms with Crippen LogP contribution >= 0.6 is 0 Å². The zero-order valence-electron chi connectivity index (χ0n) is 13.6. The van der Waals surface area contributed by atoms with E-state index in [4.69, 9.17) is 4.74 Å². The lowest BCUT2D eigenvalue weighted by molar-refractivity contribution is 0.0526. The predicted molar refractivity (Wildman–Crippen MR) is 87.6 cm³/mol. The van der Waals surface area contributed by atoms with Gasteiger partial charge in [-0.2, -0.15) is 5.10 Å². The summed E-state index contributed by atoms with van der Waals surface area (Å²) < 4.78 is 6.90. The quantitative estimate of drug-likeness (QED) is 0.812. The van der Waals surface area contributed by atoms with Gasteiger partial charge >= 0.3 is 5.97 Å². The van der Waals surface area contributed by atoms with Gasteiger partial charge in [0.05, 0.1) is 24.4 Å². The van der Waals surface area contributed by atoms with Gasteiger partial charge < -0.3 is 9.64 Å². The summed E-state index contributed by atoms with van der Waals surface area (Å²) in [6.07, 6.45) is 5.50. The molecule has 0 radical (unpaired) electrons. The Morgan fingerprint density at radius 2 is 2.30 bits per heavy atom. The summed E-state index contributed by atoms with van der Waals surface area (Å²) >= 11 is 0. The number of anilines is 1. The molecular weight excluding hydrogens is 292 g/mol. The molecule has 1 saturated heterocycles. The molecule has 1 atom stereocenters. The molecule has 1 fully saturated rings. The molecule has 0 unspecified atom stereocenters. The number of aryl methyl sites for hydroxylation is 1. The highest BCUT2D eigenvalue weighted by Gasteiger charge is 2.23. The Bertz CT molecular complexity index is 683. The molecule has 2 aromatic rings. The zero-order chi connectivity index (χ0) is 16.2. The topological polar surface area (TPSA) is 60.2 Å². The van der Waals surface area contributed by atoms with Gasteiger partial charge in [-0.15, -0.1) is 0 Å². The first-order valence-electron chi connectivity index (χ1n) is 8.07. The van der Waals surface area contributed by atoms with E-state index in [1.807, 2.05) is 29.8 Å². The fourth-order valence-corrected chi connectivity index (χ4v) is 2.94. The van der Waals surface area contributed by atoms with E-state index in [1.54, 1.807) is 19.3 Å². The van der Waals surface area contributed by atoms with Crippen LogP contribution in [-0.2, 0) is 4.74 Å². The first-order chi connectivity index (χ1) is 11.2. The SMILES string of the molecule is CCOC(=O)c1cnn([C@@H]2CCCN(c3cccc(C)n3)C2)c1. The second-order valence-electron chi connectivity index (χ2n) is 5.81. The van der Waals surface area contributed by atoms with Crippen molar-refractivity contribution in [1.29, 1.82) is 0 Å². The number of carbonyl (C=O) groups excluding carboxylic acids is 1. The van der Waals surface area contributed by atoms with Crippen LogP contribution in [0.25, 0.3) is 0 Å². The van der Waals surface area contributed by atoms with Crippen molar-refractivity contribution in [1.82, 2.24) is 14.8 Å². The van der Waals surface area contributed by atoms with Crippen molar-refractivity contribution in [2.75, 3.05) is 24.6 Å². The average molecular weight is 314 g/mol. The molecule has 0 amide bonds. The predicted octanol–water partition coefficient (Wildman–Crippen LogP) is 2.60. The first-order valence-corrected chi connectivity index (χ1v) is 8.07. The van der Waals surface area contributed by atoms with Crippen LogP contribution in [0.2, 0.25) is 0 Å². The van der Waals surface area contributed by atoms with Crippen LogP contribution in [0.15, 0.2) is 30.6 Å². The number of rotatable bonds is 4. The number of carbonyl (C=O) groups is 1. The summed E-state index contributed by atoms with van der Waals surface area (Å²) in [6, 6.07) is 6.33. The minimum absolute atomic E-state index is 0.245. The van der Waals surface area contributed by atoms with E-state index < -0.39 is 0 Å². The van der Waals surface area contributed by atoms with E-state index in [0.717, 1.165) is 37.4 Å². The third kappa shape index (κ3) is 3.52. The third-order valence-corrected chi connectivity index (χ3v) is 4.08. The van der Waals surface area contributed by atoms with Crippen LogP contribution < -0.4 is 4.90 Å². The Hall–Kier alpha value is -2.37. The molecular formula is C17H22N4O2. The Kier molecular flexibility index (Phi) is 4.60. The molecule has 6 heteroatoms. The van der Waals surface area contributed by atoms with E-state index in [1.165, 1.54) is 0 Å². The number of esters is 1. The minimum atomic E-state index is -0.313. The first kappa shape index (κ1) is 15.5. The third-order valence-electron chi connectivity index (χ3n) is 4.08. The number of hydrogen-bond donors (Lipinski definition) is 0. The maximum atomic E-state index is 11.8. The number of nitrogens with zero attached hydrogens (tertiary/aromatic N) is 4. The van der Waals surface area contributed by atoms with E-state index in [9.17, 15) is 4.79 Å². The Morgan fingerprint density at radius 1 is 1.43 bits per heavy atom. The second-order valence-corrected chi connectivity index (χ2v) is 5.81. The summed E-state index contributed by atoms with van der Waals surface area (Å²) in [6.45, 7) is 6.03. The van der Waals surface area contributed by atoms with Crippen molar-refractivity contribution in [2.24, 2.45) is 0 Å². The zero-order valence-corrected chi connectivity index (χ0v) is 13.6. The highest BCUT2D eigenvalue weighted by Crippen LogP contribution is 2.25. The largest absolute Gasteiger partial charge is 0.462 e. The summed E-state index contributed by atoms with van der Waals surface area (Å²) in [4.78, 5) is 18.7. The molecule has 1 aliphatic rings. The highest BCUT2D eigenvalue weighted by molar-refractivity contribution is 5.88. The van der Waals surface area contributed by atoms with Crippen LogP contribution in [0, 0.1) is 6.92 Å². The molecule has 23 heavy (non-hydrogen) atoms. The average Bonchev–Trinajstić information content (AvgIpc) is 3.05. The number of ether oxygens (including phenoxy) is 1. The van der Waals surface area contributed by atoms with Crippen LogP contribution in [0.4, 0.5) is 5.82 Å². The maximum Gasteiger partial charge on any atom is 0.341 e. The lowest BCUT2D eigenvalue weighted by Gasteiger charge is -2.33. The molecule has 2 aromatic heterocycles. The lowest BCUT2D eigenvalue weighted by atomic mass is 10.1. The molecule has 0 N–H and O–H groups in total. The molecule has 0 saturated carbocycles. The fourth-order valence-electron chi connectivity index (χ4n) is 2.94. The van der Waals surface area contributed by atoms with E-state index in [-0.39, 0.29) is 12.0 Å². The molecule has 1 aliphatic heterocycles. The number of piperidine rings is 1. The molecule has 0 spiro atoms. The van der Waals surface area contributed by atoms with Crippen molar-refractivity contribution in [3.8, 4) is 0 Å². The Labute approximate surface area is 136 Å². The molecule has 3 rings (SSSR count). The van der Waals surface area contributed by atoms with Gasteiger partial charge in [0.2, 0.25) is 0 Å². The van der Waals surface area contributed by atoms with E-state index in [2.05, 4.69) is 15.0 Å². The van der Waals surface area contributed by atoms with Crippen LogP contribution in [0.5, 0.6) is 0 Å². The molecule has 0 aromatic carbocycles. The molecule has 3 heterocycles. The number of hydrogen-bond acceptors (Lipinski definition) is 5. The summed E-state index contributed by atoms with van der Waals surface area (Å²) in [5, 5.41) is 4.36. The highest BCUT2D eigenvalue weighted by atomic mass is 16.5. The molecule has 0 bridgehead atoms. The monoisotopic (exact) mass is 314 g/mol. The van der Waals surface area contributed by atoms with Crippen molar-refractivity contribution in [2.45, 2.75) is 32.7 Å². The summed E-state index contributed by atoms with van der Waals surface area (Å²) in [7, 11) is 0.